The molecule has 130 valence electrons. The Bertz CT molecular complexity index is 1090. The lowest BCUT2D eigenvalue weighted by Crippen LogP contribution is -2.19. The van der Waals surface area contributed by atoms with Crippen molar-refractivity contribution in [2.75, 3.05) is 10.6 Å². The van der Waals surface area contributed by atoms with Gasteiger partial charge in [0, 0.05) is 5.69 Å². The minimum absolute atomic E-state index is 0.0283. The summed E-state index contributed by atoms with van der Waals surface area (Å²) in [6.07, 6.45) is 0. The second-order valence-corrected chi connectivity index (χ2v) is 6.65. The van der Waals surface area contributed by atoms with Gasteiger partial charge in [-0.25, -0.2) is 9.78 Å². The van der Waals surface area contributed by atoms with Crippen LogP contribution in [0.3, 0.4) is 0 Å². The topological polar surface area (TPSA) is 95.6 Å². The molecule has 1 unspecified atom stereocenters. The summed E-state index contributed by atoms with van der Waals surface area (Å²) in [6.45, 7) is 1.99. The van der Waals surface area contributed by atoms with E-state index in [2.05, 4.69) is 30.6 Å². The van der Waals surface area contributed by atoms with Gasteiger partial charge in [-0.2, -0.15) is 9.97 Å². The number of thiazole rings is 1. The van der Waals surface area contributed by atoms with Crippen LogP contribution in [0, 0.1) is 0 Å². The smallest absolute Gasteiger partial charge is 0.347 e. The van der Waals surface area contributed by atoms with Crippen molar-refractivity contribution in [3.63, 3.8) is 0 Å². The molecule has 3 N–H and O–H groups in total. The fraction of sp³-hybridized carbons (Fsp3) is 0.111. The van der Waals surface area contributed by atoms with Gasteiger partial charge in [-0.3, -0.25) is 4.98 Å². The molecule has 4 rings (SSSR count). The van der Waals surface area contributed by atoms with Gasteiger partial charge in [-0.1, -0.05) is 30.3 Å². The van der Waals surface area contributed by atoms with Crippen LogP contribution in [0.25, 0.3) is 10.2 Å². The van der Waals surface area contributed by atoms with Gasteiger partial charge in [0.2, 0.25) is 11.9 Å². The van der Waals surface area contributed by atoms with Crippen LogP contribution in [0.2, 0.25) is 0 Å². The molecule has 0 fully saturated rings. The van der Waals surface area contributed by atoms with Gasteiger partial charge < -0.3 is 10.6 Å². The quantitative estimate of drug-likeness (QED) is 0.500. The molecule has 0 spiro atoms. The average molecular weight is 364 g/mol. The van der Waals surface area contributed by atoms with E-state index in [0.29, 0.717) is 5.95 Å². The van der Waals surface area contributed by atoms with Crippen molar-refractivity contribution in [3.05, 3.63) is 70.1 Å². The predicted molar refractivity (Wildman–Crippen MR) is 104 cm³/mol. The molecule has 0 aliphatic heterocycles. The Balaban J connectivity index is 1.56. The number of hydrogen-bond donors (Lipinski definition) is 3. The van der Waals surface area contributed by atoms with Crippen molar-refractivity contribution >= 4 is 39.1 Å². The number of aromatic nitrogens is 4. The van der Waals surface area contributed by atoms with Gasteiger partial charge in [-0.05, 0) is 30.7 Å². The van der Waals surface area contributed by atoms with Crippen molar-refractivity contribution in [1.82, 2.24) is 19.9 Å². The molecule has 2 aromatic carbocycles. The number of H-pyrrole nitrogens is 1. The molecule has 26 heavy (non-hydrogen) atoms. The Hall–Kier alpha value is -3.26. The SMILES string of the molecule is CC(Nc1nc(Nc2ccc3ncsc3c2)[nH]c(=O)n1)c1ccccc1. The lowest BCUT2D eigenvalue weighted by Gasteiger charge is -2.14. The van der Waals surface area contributed by atoms with E-state index in [-0.39, 0.29) is 12.0 Å². The van der Waals surface area contributed by atoms with Crippen molar-refractivity contribution in [3.8, 4) is 0 Å². The molecular formula is C18H16N6OS. The number of fused-ring (bicyclic) bond motifs is 1. The fourth-order valence-electron chi connectivity index (χ4n) is 2.60. The van der Waals surface area contributed by atoms with E-state index in [1.807, 2.05) is 55.5 Å². The summed E-state index contributed by atoms with van der Waals surface area (Å²) < 4.78 is 1.06. The average Bonchev–Trinajstić information content (AvgIpc) is 3.09. The van der Waals surface area contributed by atoms with Crippen LogP contribution in [-0.4, -0.2) is 19.9 Å². The first-order chi connectivity index (χ1) is 12.7. The second-order valence-electron chi connectivity index (χ2n) is 5.76. The van der Waals surface area contributed by atoms with Crippen LogP contribution in [0.1, 0.15) is 18.5 Å². The molecule has 0 aliphatic carbocycles. The highest BCUT2D eigenvalue weighted by atomic mass is 32.1. The third-order valence-corrected chi connectivity index (χ3v) is 4.68. The molecule has 0 saturated carbocycles. The maximum Gasteiger partial charge on any atom is 0.351 e. The Labute approximate surface area is 153 Å². The van der Waals surface area contributed by atoms with E-state index in [1.165, 1.54) is 0 Å². The highest BCUT2D eigenvalue weighted by Crippen LogP contribution is 2.23. The summed E-state index contributed by atoms with van der Waals surface area (Å²) in [4.78, 5) is 27.0. The largest absolute Gasteiger partial charge is 0.351 e. The number of anilines is 3. The minimum Gasteiger partial charge on any atom is -0.347 e. The summed E-state index contributed by atoms with van der Waals surface area (Å²) in [5.74, 6) is 0.600. The maximum atomic E-state index is 11.9. The van der Waals surface area contributed by atoms with E-state index in [9.17, 15) is 4.79 Å². The zero-order chi connectivity index (χ0) is 17.9. The number of benzene rings is 2. The zero-order valence-corrected chi connectivity index (χ0v) is 14.7. The summed E-state index contributed by atoms with van der Waals surface area (Å²) in [5, 5.41) is 6.27. The number of aromatic amines is 1. The second kappa shape index (κ2) is 6.93. The van der Waals surface area contributed by atoms with Crippen molar-refractivity contribution < 1.29 is 0 Å². The number of rotatable bonds is 5. The molecule has 8 heteroatoms. The molecule has 1 atom stereocenters. The van der Waals surface area contributed by atoms with Gasteiger partial charge in [0.15, 0.2) is 0 Å². The lowest BCUT2D eigenvalue weighted by molar-refractivity contribution is 0.847. The van der Waals surface area contributed by atoms with E-state index in [0.717, 1.165) is 21.5 Å². The van der Waals surface area contributed by atoms with Crippen LogP contribution in [0.5, 0.6) is 0 Å². The molecule has 4 aromatic rings. The first-order valence-electron chi connectivity index (χ1n) is 8.07. The number of hydrogen-bond acceptors (Lipinski definition) is 7. The molecule has 0 radical (unpaired) electrons. The lowest BCUT2D eigenvalue weighted by atomic mass is 10.1. The highest BCUT2D eigenvalue weighted by molar-refractivity contribution is 7.16. The summed E-state index contributed by atoms with van der Waals surface area (Å²) in [7, 11) is 0. The van der Waals surface area contributed by atoms with Crippen LogP contribution < -0.4 is 16.3 Å². The Morgan fingerprint density at radius 1 is 1.12 bits per heavy atom. The first-order valence-corrected chi connectivity index (χ1v) is 8.95. The minimum atomic E-state index is -0.468. The summed E-state index contributed by atoms with van der Waals surface area (Å²) in [5.41, 5.74) is 4.17. The standard InChI is InChI=1S/C18H16N6OS/c1-11(12-5-3-2-4-6-12)20-16-22-17(24-18(25)23-16)21-13-7-8-14-15(9-13)26-10-19-14/h2-11H,1H3,(H3,20,21,22,23,24,25). The van der Waals surface area contributed by atoms with Crippen molar-refractivity contribution in [2.24, 2.45) is 0 Å². The molecule has 2 aromatic heterocycles. The maximum absolute atomic E-state index is 11.9. The normalized spacial score (nSPS) is 12.0. The van der Waals surface area contributed by atoms with E-state index < -0.39 is 5.69 Å². The molecule has 0 amide bonds. The fourth-order valence-corrected chi connectivity index (χ4v) is 3.31. The van der Waals surface area contributed by atoms with Crippen LogP contribution in [-0.2, 0) is 0 Å². The Morgan fingerprint density at radius 3 is 2.81 bits per heavy atom. The van der Waals surface area contributed by atoms with Crippen LogP contribution in [0.4, 0.5) is 17.6 Å². The van der Waals surface area contributed by atoms with Gasteiger partial charge in [0.1, 0.15) is 0 Å². The number of nitrogens with one attached hydrogen (secondary N) is 3. The van der Waals surface area contributed by atoms with Gasteiger partial charge >= 0.3 is 5.69 Å². The molecule has 0 bridgehead atoms. The van der Waals surface area contributed by atoms with Crippen molar-refractivity contribution in [1.29, 1.82) is 0 Å². The van der Waals surface area contributed by atoms with Gasteiger partial charge in [0.25, 0.3) is 0 Å². The van der Waals surface area contributed by atoms with Gasteiger partial charge in [-0.15, -0.1) is 11.3 Å². The molecule has 0 aliphatic rings. The zero-order valence-electron chi connectivity index (χ0n) is 13.9. The number of nitrogens with zero attached hydrogens (tertiary/aromatic N) is 3. The van der Waals surface area contributed by atoms with E-state index in [4.69, 9.17) is 0 Å². The van der Waals surface area contributed by atoms with Crippen molar-refractivity contribution in [2.45, 2.75) is 13.0 Å². The molecular weight excluding hydrogens is 348 g/mol. The Morgan fingerprint density at radius 2 is 1.96 bits per heavy atom. The third kappa shape index (κ3) is 3.55. The van der Waals surface area contributed by atoms with Crippen LogP contribution >= 0.6 is 11.3 Å². The first kappa shape index (κ1) is 16.2. The van der Waals surface area contributed by atoms with E-state index >= 15 is 0 Å². The van der Waals surface area contributed by atoms with Gasteiger partial charge in [0.05, 0.1) is 21.8 Å². The monoisotopic (exact) mass is 364 g/mol. The van der Waals surface area contributed by atoms with Crippen LogP contribution in [0.15, 0.2) is 58.8 Å². The molecule has 7 nitrogen and oxygen atoms in total. The molecule has 2 heterocycles. The Kier molecular flexibility index (Phi) is 4.32. The summed E-state index contributed by atoms with van der Waals surface area (Å²) >= 11 is 1.56. The molecule has 0 saturated heterocycles. The predicted octanol–water partition coefficient (Wildman–Crippen LogP) is 3.69. The summed E-state index contributed by atoms with van der Waals surface area (Å²) in [6, 6.07) is 15.7. The van der Waals surface area contributed by atoms with E-state index in [1.54, 1.807) is 16.8 Å². The highest BCUT2D eigenvalue weighted by Gasteiger charge is 2.09. The third-order valence-electron chi connectivity index (χ3n) is 3.89.